The van der Waals surface area contributed by atoms with Crippen LogP contribution in [-0.2, 0) is 5.33 Å². The molecule has 0 spiro atoms. The third-order valence-electron chi connectivity index (χ3n) is 2.11. The van der Waals surface area contributed by atoms with Crippen molar-refractivity contribution >= 4 is 15.9 Å². The van der Waals surface area contributed by atoms with Gasteiger partial charge in [0.05, 0.1) is 5.69 Å². The molecule has 1 aliphatic heterocycles. The second-order valence-electron chi connectivity index (χ2n) is 2.94. The van der Waals surface area contributed by atoms with Gasteiger partial charge in [-0.05, 0) is 23.8 Å². The average Bonchev–Trinajstić information content (AvgIpc) is 2.23. The zero-order valence-electron chi connectivity index (χ0n) is 7.18. The maximum Gasteiger partial charge on any atom is 0.216 e. The Balaban J connectivity index is 2.83. The number of rotatable bonds is 1. The fourth-order valence-electron chi connectivity index (χ4n) is 1.40. The van der Waals surface area contributed by atoms with Gasteiger partial charge in [0.15, 0.2) is 5.82 Å². The molecule has 0 aromatic rings. The van der Waals surface area contributed by atoms with Crippen molar-refractivity contribution in [3.05, 3.63) is 46.0 Å². The molecule has 1 aliphatic carbocycles. The predicted molar refractivity (Wildman–Crippen MR) is 56.3 cm³/mol. The van der Waals surface area contributed by atoms with Gasteiger partial charge in [0.25, 0.3) is 0 Å². The lowest BCUT2D eigenvalue weighted by molar-refractivity contribution is 0.616. The Bertz CT molecular complexity index is 494. The van der Waals surface area contributed by atoms with E-state index in [1.165, 1.54) is 6.07 Å². The summed E-state index contributed by atoms with van der Waals surface area (Å²) in [6.45, 7) is 0. The van der Waals surface area contributed by atoms with E-state index >= 15 is 0 Å². The Morgan fingerprint density at radius 2 is 2.14 bits per heavy atom. The highest BCUT2D eigenvalue weighted by Crippen LogP contribution is 2.25. The molecule has 2 aliphatic rings. The summed E-state index contributed by atoms with van der Waals surface area (Å²) >= 11 is 3.31. The molecule has 0 saturated carbocycles. The molecular formula is C10H7BrFNO. The van der Waals surface area contributed by atoms with E-state index in [4.69, 9.17) is 0 Å². The number of aromatic amines is 1. The molecule has 0 fully saturated rings. The molecule has 0 aromatic carbocycles. The number of hydrogen-bond donors (Lipinski definition) is 1. The van der Waals surface area contributed by atoms with Crippen LogP contribution >= 0.6 is 15.9 Å². The number of nitrogens with one attached hydrogen (secondary N) is 1. The fourth-order valence-corrected chi connectivity index (χ4v) is 1.89. The summed E-state index contributed by atoms with van der Waals surface area (Å²) in [6.07, 6.45) is 1.63. The predicted octanol–water partition coefficient (Wildman–Crippen LogP) is 2.51. The van der Waals surface area contributed by atoms with Gasteiger partial charge in [-0.1, -0.05) is 15.9 Å². The van der Waals surface area contributed by atoms with Crippen LogP contribution < -0.4 is 5.43 Å². The highest BCUT2D eigenvalue weighted by Gasteiger charge is 2.13. The van der Waals surface area contributed by atoms with Crippen LogP contribution in [0.15, 0.2) is 29.2 Å². The number of H-pyrrole nitrogens is 1. The lowest BCUT2D eigenvalue weighted by atomic mass is 10.0. The average molecular weight is 256 g/mol. The van der Waals surface area contributed by atoms with Crippen molar-refractivity contribution < 1.29 is 4.39 Å². The van der Waals surface area contributed by atoms with Gasteiger partial charge in [-0.25, -0.2) is 4.39 Å². The Morgan fingerprint density at radius 3 is 2.86 bits per heavy atom. The van der Waals surface area contributed by atoms with Crippen molar-refractivity contribution in [2.24, 2.45) is 0 Å². The molecule has 14 heavy (non-hydrogen) atoms. The molecule has 1 N–H and O–H groups in total. The van der Waals surface area contributed by atoms with E-state index in [9.17, 15) is 9.18 Å². The summed E-state index contributed by atoms with van der Waals surface area (Å²) in [5.41, 5.74) is 1.38. The standard InChI is InChI=1S/C10H7BrFNO/c11-5-6-3-4-13-10-7(6)1-2-8(14)9(10)12/h1-4,13H,5H2. The van der Waals surface area contributed by atoms with Crippen LogP contribution in [0.5, 0.6) is 0 Å². The lowest BCUT2D eigenvalue weighted by Gasteiger charge is -2.09. The Morgan fingerprint density at radius 1 is 1.36 bits per heavy atom. The minimum absolute atomic E-state index is 0.273. The number of halogens is 2. The van der Waals surface area contributed by atoms with Crippen LogP contribution in [0, 0.1) is 5.82 Å². The Labute approximate surface area is 88.2 Å². The highest BCUT2D eigenvalue weighted by molar-refractivity contribution is 9.08. The normalized spacial score (nSPS) is 10.7. The van der Waals surface area contributed by atoms with Gasteiger partial charge in [0, 0.05) is 17.1 Å². The summed E-state index contributed by atoms with van der Waals surface area (Å²) in [4.78, 5) is 13.8. The van der Waals surface area contributed by atoms with E-state index in [0.717, 1.165) is 11.1 Å². The summed E-state index contributed by atoms with van der Waals surface area (Å²) in [6, 6.07) is 4.73. The molecule has 2 nitrogen and oxygen atoms in total. The van der Waals surface area contributed by atoms with Gasteiger partial charge in [-0.15, -0.1) is 0 Å². The number of aromatic nitrogens is 1. The van der Waals surface area contributed by atoms with Crippen LogP contribution in [0.2, 0.25) is 0 Å². The highest BCUT2D eigenvalue weighted by atomic mass is 79.9. The van der Waals surface area contributed by atoms with Crippen molar-refractivity contribution in [2.75, 3.05) is 0 Å². The first-order valence-corrected chi connectivity index (χ1v) is 5.21. The summed E-state index contributed by atoms with van der Waals surface area (Å²) in [5.74, 6) is -0.717. The SMILES string of the molecule is O=c1ccc2c(CBr)cc[nH]c-2c1F. The zero-order valence-corrected chi connectivity index (χ0v) is 8.77. The topological polar surface area (TPSA) is 32.9 Å². The van der Waals surface area contributed by atoms with Gasteiger partial charge in [0.2, 0.25) is 5.43 Å². The molecule has 4 heteroatoms. The number of fused-ring (bicyclic) bond motifs is 1. The molecule has 2 rings (SSSR count). The van der Waals surface area contributed by atoms with E-state index < -0.39 is 11.2 Å². The summed E-state index contributed by atoms with van der Waals surface area (Å²) in [7, 11) is 0. The molecule has 1 heterocycles. The number of alkyl halides is 1. The van der Waals surface area contributed by atoms with Crippen molar-refractivity contribution in [1.29, 1.82) is 0 Å². The van der Waals surface area contributed by atoms with E-state index in [2.05, 4.69) is 20.9 Å². The monoisotopic (exact) mass is 255 g/mol. The summed E-state index contributed by atoms with van der Waals surface area (Å²) in [5, 5.41) is 0.635. The second-order valence-corrected chi connectivity index (χ2v) is 3.50. The van der Waals surface area contributed by atoms with Gasteiger partial charge in [-0.3, -0.25) is 4.79 Å². The van der Waals surface area contributed by atoms with E-state index in [-0.39, 0.29) is 5.69 Å². The first-order chi connectivity index (χ1) is 6.74. The summed E-state index contributed by atoms with van der Waals surface area (Å²) < 4.78 is 13.4. The fraction of sp³-hybridized carbons (Fsp3) is 0.100. The maximum atomic E-state index is 13.4. The minimum atomic E-state index is -0.717. The molecule has 72 valence electrons. The van der Waals surface area contributed by atoms with Crippen molar-refractivity contribution in [2.45, 2.75) is 5.33 Å². The van der Waals surface area contributed by atoms with Crippen LogP contribution in [0.4, 0.5) is 4.39 Å². The van der Waals surface area contributed by atoms with Crippen LogP contribution in [0.25, 0.3) is 11.3 Å². The molecule has 0 unspecified atom stereocenters. The van der Waals surface area contributed by atoms with E-state index in [1.807, 2.05) is 6.07 Å². The third kappa shape index (κ3) is 1.35. The minimum Gasteiger partial charge on any atom is -0.359 e. The van der Waals surface area contributed by atoms with Gasteiger partial charge in [0.1, 0.15) is 0 Å². The molecule has 0 aromatic heterocycles. The largest absolute Gasteiger partial charge is 0.359 e. The van der Waals surface area contributed by atoms with Crippen molar-refractivity contribution in [3.8, 4) is 11.3 Å². The first-order valence-electron chi connectivity index (χ1n) is 4.09. The van der Waals surface area contributed by atoms with Crippen molar-refractivity contribution in [3.63, 3.8) is 0 Å². The van der Waals surface area contributed by atoms with Crippen molar-refractivity contribution in [1.82, 2.24) is 4.98 Å². The third-order valence-corrected chi connectivity index (χ3v) is 2.71. The van der Waals surface area contributed by atoms with E-state index in [1.54, 1.807) is 12.3 Å². The van der Waals surface area contributed by atoms with Gasteiger partial charge < -0.3 is 4.98 Å². The number of pyridine rings is 1. The second kappa shape index (κ2) is 3.53. The van der Waals surface area contributed by atoms with Crippen LogP contribution in [0.1, 0.15) is 5.56 Å². The molecule has 0 atom stereocenters. The van der Waals surface area contributed by atoms with Crippen LogP contribution in [-0.4, -0.2) is 4.98 Å². The molecule has 0 bridgehead atoms. The Kier molecular flexibility index (Phi) is 2.37. The number of hydrogen-bond acceptors (Lipinski definition) is 1. The molecule has 0 amide bonds. The molecule has 0 saturated heterocycles. The lowest BCUT2D eigenvalue weighted by Crippen LogP contribution is -2.09. The zero-order chi connectivity index (χ0) is 10.1. The molecular weight excluding hydrogens is 249 g/mol. The first kappa shape index (κ1) is 9.40. The smallest absolute Gasteiger partial charge is 0.216 e. The quantitative estimate of drug-likeness (QED) is 0.781. The van der Waals surface area contributed by atoms with Crippen LogP contribution in [0.3, 0.4) is 0 Å². The maximum absolute atomic E-state index is 13.4. The number of benzene rings is 1. The van der Waals surface area contributed by atoms with E-state index in [0.29, 0.717) is 5.33 Å². The Hall–Kier alpha value is -1.16. The molecule has 0 radical (unpaired) electrons. The van der Waals surface area contributed by atoms with Gasteiger partial charge >= 0.3 is 0 Å². The van der Waals surface area contributed by atoms with Gasteiger partial charge in [-0.2, -0.15) is 0 Å².